The zero-order valence-corrected chi connectivity index (χ0v) is 12.4. The van der Waals surface area contributed by atoms with Gasteiger partial charge in [0.15, 0.2) is 0 Å². The molecule has 2 aromatic heterocycles. The second-order valence-electron chi connectivity index (χ2n) is 4.38. The lowest BCUT2D eigenvalue weighted by Gasteiger charge is -2.17. The molecule has 0 fully saturated rings. The third-order valence-corrected chi connectivity index (χ3v) is 3.98. The highest BCUT2D eigenvalue weighted by Gasteiger charge is 2.12. The van der Waals surface area contributed by atoms with E-state index in [2.05, 4.69) is 0 Å². The van der Waals surface area contributed by atoms with E-state index < -0.39 is 0 Å². The minimum absolute atomic E-state index is 0.0283. The van der Waals surface area contributed by atoms with Crippen LogP contribution >= 0.6 is 22.9 Å². The predicted molar refractivity (Wildman–Crippen MR) is 80.9 cm³/mol. The average Bonchev–Trinajstić information content (AvgIpc) is 2.79. The smallest absolute Gasteiger partial charge is 0.251 e. The van der Waals surface area contributed by atoms with E-state index in [1.807, 2.05) is 6.07 Å². The van der Waals surface area contributed by atoms with Crippen LogP contribution in [0.15, 0.2) is 35.3 Å². The molecule has 0 saturated carbocycles. The quantitative estimate of drug-likeness (QED) is 0.936. The summed E-state index contributed by atoms with van der Waals surface area (Å²) in [7, 11) is 1.69. The van der Waals surface area contributed by atoms with Crippen molar-refractivity contribution < 1.29 is 4.79 Å². The summed E-state index contributed by atoms with van der Waals surface area (Å²) >= 11 is 7.28. The van der Waals surface area contributed by atoms with Gasteiger partial charge in [0.25, 0.3) is 5.56 Å². The number of halogens is 1. The molecular weight excluding hydrogens is 298 g/mol. The normalized spacial score (nSPS) is 10.5. The molecule has 0 aromatic carbocycles. The Hall–Kier alpha value is -1.79. The summed E-state index contributed by atoms with van der Waals surface area (Å²) in [6, 6.07) is 6.54. The predicted octanol–water partition coefficient (Wildman–Crippen LogP) is 1.80. The maximum atomic E-state index is 12.1. The van der Waals surface area contributed by atoms with E-state index in [-0.39, 0.29) is 18.0 Å². The average molecular weight is 312 g/mol. The summed E-state index contributed by atoms with van der Waals surface area (Å²) in [5, 5.41) is 0. The second-order valence-corrected chi connectivity index (χ2v) is 6.18. The maximum absolute atomic E-state index is 12.1. The van der Waals surface area contributed by atoms with E-state index in [0.717, 1.165) is 4.88 Å². The first kappa shape index (κ1) is 14.6. The Morgan fingerprint density at radius 3 is 2.80 bits per heavy atom. The molecule has 20 heavy (non-hydrogen) atoms. The fourth-order valence-corrected chi connectivity index (χ4v) is 2.84. The summed E-state index contributed by atoms with van der Waals surface area (Å²) in [6.45, 7) is 0.437. The van der Waals surface area contributed by atoms with Gasteiger partial charge < -0.3 is 15.2 Å². The largest absolute Gasteiger partial charge is 0.398 e. The van der Waals surface area contributed by atoms with E-state index in [0.29, 0.717) is 16.6 Å². The number of nitrogens with two attached hydrogens (primary N) is 1. The van der Waals surface area contributed by atoms with E-state index >= 15 is 0 Å². The number of thiophene rings is 1. The Morgan fingerprint density at radius 1 is 1.40 bits per heavy atom. The first-order valence-electron chi connectivity index (χ1n) is 5.90. The van der Waals surface area contributed by atoms with Gasteiger partial charge in [0.2, 0.25) is 5.91 Å². The number of nitrogens with zero attached hydrogens (tertiary/aromatic N) is 2. The standard InChI is InChI=1S/C13H14ClN3O2S/c1-16(7-10-3-4-11(14)20-10)13(19)8-17-6-9(15)2-5-12(17)18/h2-6H,7-8,15H2,1H3. The lowest BCUT2D eigenvalue weighted by molar-refractivity contribution is -0.131. The van der Waals surface area contributed by atoms with Crippen molar-refractivity contribution in [3.05, 3.63) is 50.0 Å². The van der Waals surface area contributed by atoms with Gasteiger partial charge in [0.1, 0.15) is 6.54 Å². The Labute approximate surface area is 125 Å². The van der Waals surface area contributed by atoms with Crippen molar-refractivity contribution in [3.63, 3.8) is 0 Å². The van der Waals surface area contributed by atoms with Gasteiger partial charge in [-0.3, -0.25) is 9.59 Å². The van der Waals surface area contributed by atoms with Gasteiger partial charge in [0.05, 0.1) is 10.9 Å². The molecule has 106 valence electrons. The lowest BCUT2D eigenvalue weighted by atomic mass is 10.4. The van der Waals surface area contributed by atoms with Gasteiger partial charge in [-0.25, -0.2) is 0 Å². The molecule has 2 rings (SSSR count). The Balaban J connectivity index is 2.04. The minimum Gasteiger partial charge on any atom is -0.398 e. The third kappa shape index (κ3) is 3.61. The van der Waals surface area contributed by atoms with Crippen LogP contribution in [0.2, 0.25) is 4.34 Å². The highest BCUT2D eigenvalue weighted by atomic mass is 35.5. The molecule has 0 radical (unpaired) electrons. The number of carbonyl (C=O) groups is 1. The molecule has 5 nitrogen and oxygen atoms in total. The first-order valence-corrected chi connectivity index (χ1v) is 7.09. The van der Waals surface area contributed by atoms with E-state index in [1.165, 1.54) is 34.2 Å². The molecule has 2 N–H and O–H groups in total. The molecule has 2 heterocycles. The summed E-state index contributed by atoms with van der Waals surface area (Å²) in [4.78, 5) is 26.2. The van der Waals surface area contributed by atoms with Gasteiger partial charge >= 0.3 is 0 Å². The summed E-state index contributed by atoms with van der Waals surface area (Å²) in [5.41, 5.74) is 5.81. The van der Waals surface area contributed by atoms with Gasteiger partial charge in [-0.05, 0) is 18.2 Å². The maximum Gasteiger partial charge on any atom is 0.251 e. The van der Waals surface area contributed by atoms with Crippen molar-refractivity contribution in [3.8, 4) is 0 Å². The van der Waals surface area contributed by atoms with Gasteiger partial charge in [-0.15, -0.1) is 11.3 Å². The number of likely N-dealkylation sites (N-methyl/N-ethyl adjacent to an activating group) is 1. The number of rotatable bonds is 4. The monoisotopic (exact) mass is 311 g/mol. The number of carbonyl (C=O) groups excluding carboxylic acids is 1. The second kappa shape index (κ2) is 6.11. The topological polar surface area (TPSA) is 68.3 Å². The van der Waals surface area contributed by atoms with Crippen molar-refractivity contribution in [1.29, 1.82) is 0 Å². The molecule has 0 atom stereocenters. The zero-order chi connectivity index (χ0) is 14.7. The summed E-state index contributed by atoms with van der Waals surface area (Å²) in [6.07, 6.45) is 1.47. The van der Waals surface area contributed by atoms with E-state index in [4.69, 9.17) is 17.3 Å². The molecule has 0 aliphatic carbocycles. The zero-order valence-electron chi connectivity index (χ0n) is 10.9. The molecule has 0 unspecified atom stereocenters. The van der Waals surface area contributed by atoms with E-state index in [1.54, 1.807) is 18.0 Å². The molecule has 0 spiro atoms. The van der Waals surface area contributed by atoms with Crippen LogP contribution in [-0.4, -0.2) is 22.4 Å². The third-order valence-electron chi connectivity index (χ3n) is 2.76. The van der Waals surface area contributed by atoms with Crippen molar-refractivity contribution in [1.82, 2.24) is 9.47 Å². The fraction of sp³-hybridized carbons (Fsp3) is 0.231. The van der Waals surface area contributed by atoms with Crippen LogP contribution in [0.25, 0.3) is 0 Å². The number of anilines is 1. The van der Waals surface area contributed by atoms with E-state index in [9.17, 15) is 9.59 Å². The van der Waals surface area contributed by atoms with Crippen LogP contribution in [-0.2, 0) is 17.9 Å². The first-order chi connectivity index (χ1) is 9.45. The number of pyridine rings is 1. The van der Waals surface area contributed by atoms with Crippen molar-refractivity contribution >= 4 is 34.5 Å². The molecule has 2 aromatic rings. The highest BCUT2D eigenvalue weighted by molar-refractivity contribution is 7.16. The molecule has 7 heteroatoms. The molecule has 0 aliphatic rings. The summed E-state index contributed by atoms with van der Waals surface area (Å²) in [5.74, 6) is -0.165. The Kier molecular flexibility index (Phi) is 4.46. The van der Waals surface area contributed by atoms with Crippen LogP contribution in [0, 0.1) is 0 Å². The summed E-state index contributed by atoms with van der Waals surface area (Å²) < 4.78 is 1.99. The minimum atomic E-state index is -0.250. The molecular formula is C13H14ClN3O2S. The Bertz CT molecular complexity index is 680. The lowest BCUT2D eigenvalue weighted by Crippen LogP contribution is -2.33. The Morgan fingerprint density at radius 2 is 2.15 bits per heavy atom. The number of hydrogen-bond donors (Lipinski definition) is 1. The van der Waals surface area contributed by atoms with Crippen LogP contribution in [0.5, 0.6) is 0 Å². The van der Waals surface area contributed by atoms with Crippen LogP contribution < -0.4 is 11.3 Å². The van der Waals surface area contributed by atoms with Crippen molar-refractivity contribution in [2.24, 2.45) is 0 Å². The van der Waals surface area contributed by atoms with Gasteiger partial charge in [-0.1, -0.05) is 11.6 Å². The van der Waals surface area contributed by atoms with Crippen molar-refractivity contribution in [2.75, 3.05) is 12.8 Å². The van der Waals surface area contributed by atoms with Crippen molar-refractivity contribution in [2.45, 2.75) is 13.1 Å². The molecule has 0 bridgehead atoms. The molecule has 0 saturated heterocycles. The number of hydrogen-bond acceptors (Lipinski definition) is 4. The molecule has 0 aliphatic heterocycles. The molecule has 1 amide bonds. The van der Waals surface area contributed by atoms with Crippen LogP contribution in [0.4, 0.5) is 5.69 Å². The number of aromatic nitrogens is 1. The fourth-order valence-electron chi connectivity index (χ4n) is 1.70. The van der Waals surface area contributed by atoms with Crippen LogP contribution in [0.3, 0.4) is 0 Å². The van der Waals surface area contributed by atoms with Crippen LogP contribution in [0.1, 0.15) is 4.88 Å². The number of amides is 1. The SMILES string of the molecule is CN(Cc1ccc(Cl)s1)C(=O)Cn1cc(N)ccc1=O. The van der Waals surface area contributed by atoms with Gasteiger partial charge in [0, 0.05) is 29.9 Å². The van der Waals surface area contributed by atoms with Gasteiger partial charge in [-0.2, -0.15) is 0 Å². The number of nitrogen functional groups attached to an aromatic ring is 1. The highest BCUT2D eigenvalue weighted by Crippen LogP contribution is 2.22.